The molecule has 2 aromatic rings. The summed E-state index contributed by atoms with van der Waals surface area (Å²) in [5.41, 5.74) is 1.60. The molecule has 1 fully saturated rings. The fraction of sp³-hybridized carbons (Fsp3) is 0.111. The molecule has 26 heavy (non-hydrogen) atoms. The highest BCUT2D eigenvalue weighted by Crippen LogP contribution is 2.23. The quantitative estimate of drug-likeness (QED) is 0.563. The van der Waals surface area contributed by atoms with Gasteiger partial charge in [-0.25, -0.2) is 0 Å². The number of carbonyl (C=O) groups excluding carboxylic acids is 2. The molecule has 1 heterocycles. The van der Waals surface area contributed by atoms with Gasteiger partial charge in [-0.15, -0.1) is 5.10 Å². The summed E-state index contributed by atoms with van der Waals surface area (Å²) in [6, 6.07) is 16.8. The monoisotopic (exact) mass is 430 g/mol. The van der Waals surface area contributed by atoms with E-state index in [1.807, 2.05) is 42.5 Å². The minimum absolute atomic E-state index is 0.0635. The van der Waals surface area contributed by atoms with Crippen molar-refractivity contribution in [2.45, 2.75) is 11.7 Å². The summed E-state index contributed by atoms with van der Waals surface area (Å²) in [6.45, 7) is 0. The first-order valence-electron chi connectivity index (χ1n) is 7.79. The van der Waals surface area contributed by atoms with Gasteiger partial charge in [0, 0.05) is 16.6 Å². The highest BCUT2D eigenvalue weighted by Gasteiger charge is 2.32. The normalized spacial score (nSPS) is 18.3. The number of thioether (sulfide) groups is 1. The summed E-state index contributed by atoms with van der Waals surface area (Å²) >= 11 is 4.54. The lowest BCUT2D eigenvalue weighted by Gasteiger charge is -2.07. The van der Waals surface area contributed by atoms with E-state index in [1.54, 1.807) is 18.3 Å². The highest BCUT2D eigenvalue weighted by atomic mass is 79.9. The average molecular weight is 431 g/mol. The Hall–Kier alpha value is -2.45. The second-order valence-electron chi connectivity index (χ2n) is 5.42. The minimum Gasteiger partial charge on any atom is -0.326 e. The fourth-order valence-electron chi connectivity index (χ4n) is 2.19. The van der Waals surface area contributed by atoms with Crippen molar-refractivity contribution < 1.29 is 9.59 Å². The Kier molecular flexibility index (Phi) is 6.19. The molecule has 2 amide bonds. The van der Waals surface area contributed by atoms with Crippen LogP contribution in [0.1, 0.15) is 12.0 Å². The first-order valence-corrected chi connectivity index (χ1v) is 9.46. The van der Waals surface area contributed by atoms with Crippen LogP contribution >= 0.6 is 27.7 Å². The third-order valence-electron chi connectivity index (χ3n) is 3.43. The average Bonchev–Trinajstić information content (AvgIpc) is 2.97. The van der Waals surface area contributed by atoms with Crippen molar-refractivity contribution in [2.24, 2.45) is 10.2 Å². The lowest BCUT2D eigenvalue weighted by atomic mass is 10.2. The number of carbonyl (C=O) groups is 2. The predicted octanol–water partition coefficient (Wildman–Crippen LogP) is 3.40. The molecule has 0 aliphatic carbocycles. The number of nitrogens with one attached hydrogen (secondary N) is 2. The molecule has 2 N–H and O–H groups in total. The van der Waals surface area contributed by atoms with Gasteiger partial charge >= 0.3 is 0 Å². The molecule has 1 atom stereocenters. The zero-order chi connectivity index (χ0) is 18.4. The van der Waals surface area contributed by atoms with Crippen LogP contribution in [0.25, 0.3) is 0 Å². The van der Waals surface area contributed by atoms with E-state index in [0.717, 1.165) is 10.0 Å². The van der Waals surface area contributed by atoms with Gasteiger partial charge < -0.3 is 10.6 Å². The van der Waals surface area contributed by atoms with Gasteiger partial charge in [0.2, 0.25) is 11.8 Å². The van der Waals surface area contributed by atoms with Crippen molar-refractivity contribution in [3.8, 4) is 0 Å². The Morgan fingerprint density at radius 1 is 1.19 bits per heavy atom. The van der Waals surface area contributed by atoms with Crippen LogP contribution in [0.2, 0.25) is 0 Å². The van der Waals surface area contributed by atoms with E-state index in [4.69, 9.17) is 0 Å². The molecule has 3 rings (SSSR count). The van der Waals surface area contributed by atoms with Crippen molar-refractivity contribution in [1.82, 2.24) is 5.32 Å². The maximum absolute atomic E-state index is 12.1. The van der Waals surface area contributed by atoms with Gasteiger partial charge in [0.25, 0.3) is 0 Å². The number of amides is 2. The van der Waals surface area contributed by atoms with Crippen LogP contribution in [0.5, 0.6) is 0 Å². The molecule has 6 nitrogen and oxygen atoms in total. The largest absolute Gasteiger partial charge is 0.326 e. The van der Waals surface area contributed by atoms with Crippen LogP contribution in [0.15, 0.2) is 69.3 Å². The third-order valence-corrected chi connectivity index (χ3v) is 5.03. The molecule has 1 saturated heterocycles. The topological polar surface area (TPSA) is 82.9 Å². The van der Waals surface area contributed by atoms with Crippen molar-refractivity contribution >= 4 is 56.6 Å². The smallest absolute Gasteiger partial charge is 0.240 e. The van der Waals surface area contributed by atoms with Gasteiger partial charge in [-0.2, -0.15) is 5.10 Å². The maximum atomic E-state index is 12.1. The minimum atomic E-state index is -0.517. The molecule has 1 aliphatic heterocycles. The third kappa shape index (κ3) is 5.27. The number of halogens is 1. The summed E-state index contributed by atoms with van der Waals surface area (Å²) < 4.78 is 0.929. The Bertz CT molecular complexity index is 853. The lowest BCUT2D eigenvalue weighted by molar-refractivity contribution is -0.122. The van der Waals surface area contributed by atoms with E-state index < -0.39 is 5.25 Å². The first-order chi connectivity index (χ1) is 12.6. The Morgan fingerprint density at radius 3 is 2.65 bits per heavy atom. The molecule has 8 heteroatoms. The molecule has 2 aromatic carbocycles. The standard InChI is InChI=1S/C18H15BrN4O2S/c19-13-6-8-14(9-7-13)21-16(24)10-15-17(25)22-18(26-15)23-20-11-12-4-2-1-3-5-12/h1-9,11,15H,10H2,(H,21,24)(H,22,23,25). The number of nitrogens with zero attached hydrogens (tertiary/aromatic N) is 2. The predicted molar refractivity (Wildman–Crippen MR) is 108 cm³/mol. The molecule has 0 aromatic heterocycles. The first kappa shape index (κ1) is 18.3. The van der Waals surface area contributed by atoms with E-state index in [-0.39, 0.29) is 18.2 Å². The Balaban J connectivity index is 1.54. The van der Waals surface area contributed by atoms with Gasteiger partial charge in [-0.05, 0) is 29.8 Å². The van der Waals surface area contributed by atoms with Crippen molar-refractivity contribution in [1.29, 1.82) is 0 Å². The maximum Gasteiger partial charge on any atom is 0.240 e. The second-order valence-corrected chi connectivity index (χ2v) is 7.52. The number of anilines is 1. The molecule has 0 saturated carbocycles. The lowest BCUT2D eigenvalue weighted by Crippen LogP contribution is -2.28. The Morgan fingerprint density at radius 2 is 1.92 bits per heavy atom. The second kappa shape index (κ2) is 8.77. The van der Waals surface area contributed by atoms with Crippen molar-refractivity contribution in [3.05, 3.63) is 64.6 Å². The van der Waals surface area contributed by atoms with E-state index in [1.165, 1.54) is 11.8 Å². The zero-order valence-electron chi connectivity index (χ0n) is 13.6. The molecule has 132 valence electrons. The molecule has 1 aliphatic rings. The van der Waals surface area contributed by atoms with Crippen molar-refractivity contribution in [3.63, 3.8) is 0 Å². The van der Waals surface area contributed by atoms with E-state index >= 15 is 0 Å². The van der Waals surface area contributed by atoms with Gasteiger partial charge in [0.15, 0.2) is 5.17 Å². The zero-order valence-corrected chi connectivity index (χ0v) is 16.0. The molecular weight excluding hydrogens is 416 g/mol. The van der Waals surface area contributed by atoms with Crippen molar-refractivity contribution in [2.75, 3.05) is 5.32 Å². The number of amidine groups is 1. The number of hydrogen-bond acceptors (Lipinski definition) is 5. The van der Waals surface area contributed by atoms with Crippen LogP contribution in [0.3, 0.4) is 0 Å². The molecule has 0 spiro atoms. The van der Waals surface area contributed by atoms with E-state index in [2.05, 4.69) is 36.8 Å². The summed E-state index contributed by atoms with van der Waals surface area (Å²) in [4.78, 5) is 24.1. The SMILES string of the molecule is O=C(CC1SC(=NN=Cc2ccccc2)NC1=O)Nc1ccc(Br)cc1. The molecule has 1 unspecified atom stereocenters. The van der Waals surface area contributed by atoms with E-state index in [9.17, 15) is 9.59 Å². The number of benzene rings is 2. The number of hydrogen-bond donors (Lipinski definition) is 2. The molecule has 0 bridgehead atoms. The fourth-order valence-corrected chi connectivity index (χ4v) is 3.38. The summed E-state index contributed by atoms with van der Waals surface area (Å²) in [5, 5.41) is 13.3. The number of rotatable bonds is 5. The van der Waals surface area contributed by atoms with Gasteiger partial charge in [-0.3, -0.25) is 9.59 Å². The van der Waals surface area contributed by atoms with Crippen LogP contribution in [0.4, 0.5) is 5.69 Å². The van der Waals surface area contributed by atoms with Gasteiger partial charge in [-0.1, -0.05) is 58.0 Å². The summed E-state index contributed by atoms with van der Waals surface area (Å²) in [7, 11) is 0. The Labute approximate surface area is 163 Å². The highest BCUT2D eigenvalue weighted by molar-refractivity contribution is 9.10. The van der Waals surface area contributed by atoms with Crippen LogP contribution in [0, 0.1) is 0 Å². The molecule has 0 radical (unpaired) electrons. The van der Waals surface area contributed by atoms with Gasteiger partial charge in [0.05, 0.1) is 6.21 Å². The summed E-state index contributed by atoms with van der Waals surface area (Å²) in [6.07, 6.45) is 1.67. The van der Waals surface area contributed by atoms with Crippen LogP contribution < -0.4 is 10.6 Å². The molecular formula is C18H15BrN4O2S. The van der Waals surface area contributed by atoms with Gasteiger partial charge in [0.1, 0.15) is 5.25 Å². The van der Waals surface area contributed by atoms with Crippen LogP contribution in [-0.4, -0.2) is 28.4 Å². The van der Waals surface area contributed by atoms with E-state index in [0.29, 0.717) is 10.9 Å². The summed E-state index contributed by atoms with van der Waals surface area (Å²) in [5.74, 6) is -0.469. The van der Waals surface area contributed by atoms with Crippen LogP contribution in [-0.2, 0) is 9.59 Å².